The van der Waals surface area contributed by atoms with Gasteiger partial charge in [-0.25, -0.2) is 9.48 Å². The Morgan fingerprint density at radius 3 is 2.81 bits per heavy atom. The molecular formula is C17H24N6O3S. The van der Waals surface area contributed by atoms with E-state index in [1.165, 1.54) is 11.3 Å². The van der Waals surface area contributed by atoms with E-state index < -0.39 is 5.60 Å². The molecule has 2 amide bonds. The molecule has 9 nitrogen and oxygen atoms in total. The summed E-state index contributed by atoms with van der Waals surface area (Å²) >= 11 is 1.37. The van der Waals surface area contributed by atoms with Crippen molar-refractivity contribution in [2.75, 3.05) is 18.4 Å². The van der Waals surface area contributed by atoms with Crippen molar-refractivity contribution in [1.29, 1.82) is 0 Å². The van der Waals surface area contributed by atoms with Crippen molar-refractivity contribution < 1.29 is 14.3 Å². The maximum atomic E-state index is 12.4. The zero-order chi connectivity index (χ0) is 19.6. The van der Waals surface area contributed by atoms with Crippen LogP contribution in [-0.2, 0) is 4.74 Å². The van der Waals surface area contributed by atoms with Crippen molar-refractivity contribution in [1.82, 2.24) is 25.1 Å². The third kappa shape index (κ3) is 4.82. The van der Waals surface area contributed by atoms with Gasteiger partial charge in [0, 0.05) is 13.1 Å². The molecule has 0 spiro atoms. The van der Waals surface area contributed by atoms with Gasteiger partial charge >= 0.3 is 6.09 Å². The maximum absolute atomic E-state index is 12.4. The van der Waals surface area contributed by atoms with E-state index in [1.807, 2.05) is 39.1 Å². The van der Waals surface area contributed by atoms with Crippen LogP contribution in [0.4, 0.5) is 10.7 Å². The van der Waals surface area contributed by atoms with Crippen LogP contribution < -0.4 is 5.32 Å². The smallest absolute Gasteiger partial charge is 0.410 e. The molecule has 10 heteroatoms. The van der Waals surface area contributed by atoms with Gasteiger partial charge in [0.1, 0.15) is 5.60 Å². The zero-order valence-corrected chi connectivity index (χ0v) is 16.7. The number of carbonyl (C=O) groups excluding carboxylic acids is 2. The number of tetrazole rings is 1. The molecular weight excluding hydrogens is 368 g/mol. The summed E-state index contributed by atoms with van der Waals surface area (Å²) in [5, 5.41) is 16.3. The van der Waals surface area contributed by atoms with Crippen LogP contribution in [0.2, 0.25) is 0 Å². The largest absolute Gasteiger partial charge is 0.444 e. The molecule has 1 fully saturated rings. The van der Waals surface area contributed by atoms with Crippen molar-refractivity contribution in [3.63, 3.8) is 0 Å². The van der Waals surface area contributed by atoms with Gasteiger partial charge in [-0.3, -0.25) is 10.1 Å². The molecule has 1 N–H and O–H groups in total. The fourth-order valence-corrected chi connectivity index (χ4v) is 3.67. The van der Waals surface area contributed by atoms with E-state index in [9.17, 15) is 9.59 Å². The average Bonchev–Trinajstić information content (AvgIpc) is 3.22. The number of anilines is 1. The Balaban J connectivity index is 1.69. The number of nitrogens with zero attached hydrogens (tertiary/aromatic N) is 5. The molecule has 27 heavy (non-hydrogen) atoms. The predicted molar refractivity (Wildman–Crippen MR) is 101 cm³/mol. The molecule has 0 radical (unpaired) electrons. The number of amides is 2. The number of thiophene rings is 1. The lowest BCUT2D eigenvalue weighted by atomic mass is 10.1. The molecule has 0 aliphatic carbocycles. The first-order valence-electron chi connectivity index (χ1n) is 8.85. The van der Waals surface area contributed by atoms with Crippen LogP contribution in [-0.4, -0.2) is 55.8 Å². The first-order valence-corrected chi connectivity index (χ1v) is 9.73. The fraction of sp³-hybridized carbons (Fsp3) is 0.588. The molecule has 1 atom stereocenters. The van der Waals surface area contributed by atoms with Crippen LogP contribution >= 0.6 is 11.3 Å². The van der Waals surface area contributed by atoms with Gasteiger partial charge in [0.25, 0.3) is 5.91 Å². The van der Waals surface area contributed by atoms with E-state index in [4.69, 9.17) is 4.74 Å². The van der Waals surface area contributed by atoms with Crippen molar-refractivity contribution in [3.8, 4) is 0 Å². The number of carbonyl (C=O) groups is 2. The summed E-state index contributed by atoms with van der Waals surface area (Å²) in [6, 6.07) is 1.69. The van der Waals surface area contributed by atoms with E-state index in [0.29, 0.717) is 18.0 Å². The van der Waals surface area contributed by atoms with Crippen LogP contribution in [0.25, 0.3) is 0 Å². The molecule has 1 aliphatic heterocycles. The summed E-state index contributed by atoms with van der Waals surface area (Å²) in [6.07, 6.45) is 1.27. The molecule has 0 aromatic carbocycles. The number of aromatic nitrogens is 4. The Morgan fingerprint density at radius 2 is 2.15 bits per heavy atom. The van der Waals surface area contributed by atoms with Gasteiger partial charge in [0.15, 0.2) is 0 Å². The second-order valence-corrected chi connectivity index (χ2v) is 8.52. The number of rotatable bonds is 3. The van der Waals surface area contributed by atoms with Crippen molar-refractivity contribution in [2.45, 2.75) is 52.2 Å². The average molecular weight is 392 g/mol. The lowest BCUT2D eigenvalue weighted by Crippen LogP contribution is -2.43. The van der Waals surface area contributed by atoms with Gasteiger partial charge in [-0.15, -0.1) is 11.3 Å². The lowest BCUT2D eigenvalue weighted by Gasteiger charge is -2.34. The van der Waals surface area contributed by atoms with Crippen molar-refractivity contribution >= 4 is 29.3 Å². The topological polar surface area (TPSA) is 102 Å². The lowest BCUT2D eigenvalue weighted by molar-refractivity contribution is 0.0167. The highest BCUT2D eigenvalue weighted by molar-refractivity contribution is 7.12. The van der Waals surface area contributed by atoms with E-state index >= 15 is 0 Å². The van der Waals surface area contributed by atoms with Gasteiger partial charge in [-0.2, -0.15) is 0 Å². The summed E-state index contributed by atoms with van der Waals surface area (Å²) in [5.74, 6) is 0.0334. The molecule has 146 valence electrons. The summed E-state index contributed by atoms with van der Waals surface area (Å²) < 4.78 is 7.03. The third-order valence-electron chi connectivity index (χ3n) is 4.07. The molecule has 1 unspecified atom stereocenters. The van der Waals surface area contributed by atoms with Gasteiger partial charge in [-0.1, -0.05) is 5.10 Å². The highest BCUT2D eigenvalue weighted by atomic mass is 32.1. The number of hydrogen-bond donors (Lipinski definition) is 1. The summed E-state index contributed by atoms with van der Waals surface area (Å²) in [5.41, 5.74) is 0.488. The molecule has 0 saturated carbocycles. The van der Waals surface area contributed by atoms with Gasteiger partial charge < -0.3 is 9.64 Å². The number of piperidine rings is 1. The van der Waals surface area contributed by atoms with E-state index in [1.54, 1.807) is 9.58 Å². The minimum absolute atomic E-state index is 0.123. The van der Waals surface area contributed by atoms with E-state index in [2.05, 4.69) is 20.8 Å². The molecule has 3 heterocycles. The Labute approximate surface area is 161 Å². The number of aryl methyl sites for hydroxylation is 1. The Morgan fingerprint density at radius 1 is 1.37 bits per heavy atom. The Bertz CT molecular complexity index is 825. The van der Waals surface area contributed by atoms with E-state index in [-0.39, 0.29) is 24.0 Å². The molecule has 1 saturated heterocycles. The number of likely N-dealkylation sites (tertiary alicyclic amines) is 1. The van der Waals surface area contributed by atoms with Crippen LogP contribution in [0.1, 0.15) is 54.9 Å². The zero-order valence-electron chi connectivity index (χ0n) is 15.9. The summed E-state index contributed by atoms with van der Waals surface area (Å²) in [4.78, 5) is 27.0. The Hall–Kier alpha value is -2.49. The molecule has 2 aromatic heterocycles. The van der Waals surface area contributed by atoms with Crippen LogP contribution in [0.15, 0.2) is 11.4 Å². The fourth-order valence-electron chi connectivity index (χ4n) is 2.88. The highest BCUT2D eigenvalue weighted by Gasteiger charge is 2.30. The van der Waals surface area contributed by atoms with Gasteiger partial charge in [0.05, 0.1) is 10.9 Å². The number of ether oxygens (including phenoxy) is 1. The van der Waals surface area contributed by atoms with Crippen molar-refractivity contribution in [3.05, 3.63) is 21.9 Å². The number of hydrogen-bond acceptors (Lipinski definition) is 7. The monoisotopic (exact) mass is 392 g/mol. The summed E-state index contributed by atoms with van der Waals surface area (Å²) in [6.45, 7) is 8.52. The highest BCUT2D eigenvalue weighted by Crippen LogP contribution is 2.25. The molecule has 3 rings (SSSR count). The minimum atomic E-state index is -0.545. The number of nitrogens with one attached hydrogen (secondary N) is 1. The summed E-state index contributed by atoms with van der Waals surface area (Å²) in [7, 11) is 0. The van der Waals surface area contributed by atoms with E-state index in [0.717, 1.165) is 18.4 Å². The maximum Gasteiger partial charge on any atom is 0.410 e. The van der Waals surface area contributed by atoms with Crippen LogP contribution in [0.3, 0.4) is 0 Å². The molecule has 2 aromatic rings. The molecule has 1 aliphatic rings. The predicted octanol–water partition coefficient (Wildman–Crippen LogP) is 2.87. The normalized spacial score (nSPS) is 17.6. The second-order valence-electron chi connectivity index (χ2n) is 7.61. The third-order valence-corrected chi connectivity index (χ3v) is 5.11. The first-order chi connectivity index (χ1) is 12.7. The second kappa shape index (κ2) is 7.63. The van der Waals surface area contributed by atoms with Gasteiger partial charge in [0.2, 0.25) is 5.95 Å². The van der Waals surface area contributed by atoms with Gasteiger partial charge in [-0.05, 0) is 68.0 Å². The SMILES string of the molecule is Cc1csc(C(=O)Nc2nnnn2C2CCCN(C(=O)OC(C)(C)C)C2)c1. The molecule has 0 bridgehead atoms. The van der Waals surface area contributed by atoms with Crippen LogP contribution in [0, 0.1) is 6.92 Å². The minimum Gasteiger partial charge on any atom is -0.444 e. The standard InChI is InChI=1S/C17H24N6O3S/c1-11-8-13(27-10-11)14(24)18-15-19-20-21-23(15)12-6-5-7-22(9-12)16(25)26-17(2,3)4/h8,10,12H,5-7,9H2,1-4H3,(H,18,19,21,24). The quantitative estimate of drug-likeness (QED) is 0.862. The Kier molecular flexibility index (Phi) is 5.45. The van der Waals surface area contributed by atoms with Crippen LogP contribution in [0.5, 0.6) is 0 Å². The first kappa shape index (κ1) is 19.3. The van der Waals surface area contributed by atoms with Crippen molar-refractivity contribution in [2.24, 2.45) is 0 Å².